The van der Waals surface area contributed by atoms with E-state index in [-0.39, 0.29) is 11.9 Å². The second kappa shape index (κ2) is 3.80. The van der Waals surface area contributed by atoms with Crippen LogP contribution in [0.4, 0.5) is 0 Å². The van der Waals surface area contributed by atoms with Crippen LogP contribution in [0.25, 0.3) is 0 Å². The first-order chi connectivity index (χ1) is 6.79. The average molecular weight is 190 g/mol. The summed E-state index contributed by atoms with van der Waals surface area (Å²) in [6, 6.07) is 10.0. The van der Waals surface area contributed by atoms with E-state index >= 15 is 0 Å². The molecule has 1 aromatic rings. The van der Waals surface area contributed by atoms with E-state index in [1.807, 2.05) is 30.3 Å². The number of hydrazine groups is 1. The molecule has 1 aromatic carbocycles. The smallest absolute Gasteiger partial charge is 0.237 e. The molecule has 74 valence electrons. The number of piperidine rings is 1. The predicted molar refractivity (Wildman–Crippen MR) is 54.1 cm³/mol. The monoisotopic (exact) mass is 190 g/mol. The molecule has 1 amide bonds. The summed E-state index contributed by atoms with van der Waals surface area (Å²) in [6.07, 6.45) is 2.48. The van der Waals surface area contributed by atoms with E-state index in [0.717, 1.165) is 18.4 Å². The molecule has 1 aliphatic rings. The third-order valence-corrected chi connectivity index (χ3v) is 2.68. The lowest BCUT2D eigenvalue weighted by molar-refractivity contribution is -0.136. The first-order valence-electron chi connectivity index (χ1n) is 4.91. The molecule has 3 heteroatoms. The standard InChI is InChI=1S/C11H14N2O/c12-13-10(7-4-8-11(13)14)9-5-2-1-3-6-9/h1-3,5-6,10H,4,7-8,12H2. The van der Waals surface area contributed by atoms with Crippen LogP contribution in [0.1, 0.15) is 30.9 Å². The number of amides is 1. The highest BCUT2D eigenvalue weighted by Gasteiger charge is 2.26. The summed E-state index contributed by atoms with van der Waals surface area (Å²) < 4.78 is 0. The molecule has 0 saturated carbocycles. The minimum absolute atomic E-state index is 0.0464. The number of carbonyl (C=O) groups is 1. The first-order valence-corrected chi connectivity index (χ1v) is 4.91. The fourth-order valence-electron chi connectivity index (χ4n) is 1.89. The van der Waals surface area contributed by atoms with Crippen LogP contribution in [-0.2, 0) is 4.79 Å². The van der Waals surface area contributed by atoms with Crippen molar-refractivity contribution in [1.82, 2.24) is 5.01 Å². The molecule has 1 aliphatic heterocycles. The summed E-state index contributed by atoms with van der Waals surface area (Å²) in [5.74, 6) is 5.78. The zero-order valence-electron chi connectivity index (χ0n) is 8.02. The van der Waals surface area contributed by atoms with Gasteiger partial charge in [-0.05, 0) is 18.4 Å². The van der Waals surface area contributed by atoms with Crippen LogP contribution in [0.15, 0.2) is 30.3 Å². The van der Waals surface area contributed by atoms with E-state index in [4.69, 9.17) is 5.84 Å². The lowest BCUT2D eigenvalue weighted by atomic mass is 9.96. The van der Waals surface area contributed by atoms with E-state index in [1.54, 1.807) is 0 Å². The molecule has 1 atom stereocenters. The summed E-state index contributed by atoms with van der Waals surface area (Å²) in [5, 5.41) is 1.37. The van der Waals surface area contributed by atoms with Gasteiger partial charge in [-0.2, -0.15) is 0 Å². The van der Waals surface area contributed by atoms with Crippen molar-refractivity contribution >= 4 is 5.91 Å². The number of nitrogens with zero attached hydrogens (tertiary/aromatic N) is 1. The molecule has 0 radical (unpaired) electrons. The van der Waals surface area contributed by atoms with Crippen LogP contribution in [0, 0.1) is 0 Å². The minimum atomic E-state index is 0.0464. The van der Waals surface area contributed by atoms with Gasteiger partial charge >= 0.3 is 0 Å². The maximum Gasteiger partial charge on any atom is 0.237 e. The van der Waals surface area contributed by atoms with Gasteiger partial charge in [0, 0.05) is 6.42 Å². The Morgan fingerprint density at radius 1 is 1.29 bits per heavy atom. The fourth-order valence-corrected chi connectivity index (χ4v) is 1.89. The van der Waals surface area contributed by atoms with Crippen LogP contribution in [0.2, 0.25) is 0 Å². The number of nitrogens with two attached hydrogens (primary N) is 1. The van der Waals surface area contributed by atoms with Crippen molar-refractivity contribution < 1.29 is 4.79 Å². The van der Waals surface area contributed by atoms with Crippen molar-refractivity contribution in [3.63, 3.8) is 0 Å². The molecule has 0 spiro atoms. The van der Waals surface area contributed by atoms with Gasteiger partial charge in [-0.15, -0.1) is 0 Å². The Balaban J connectivity index is 2.22. The molecular formula is C11H14N2O. The quantitative estimate of drug-likeness (QED) is 0.540. The van der Waals surface area contributed by atoms with Crippen LogP contribution >= 0.6 is 0 Å². The van der Waals surface area contributed by atoms with E-state index in [1.165, 1.54) is 5.01 Å². The Kier molecular flexibility index (Phi) is 2.50. The van der Waals surface area contributed by atoms with Gasteiger partial charge in [0.15, 0.2) is 0 Å². The fraction of sp³-hybridized carbons (Fsp3) is 0.364. The number of carbonyl (C=O) groups excluding carboxylic acids is 1. The maximum absolute atomic E-state index is 11.4. The van der Waals surface area contributed by atoms with Gasteiger partial charge in [0.05, 0.1) is 6.04 Å². The predicted octanol–water partition coefficient (Wildman–Crippen LogP) is 1.61. The van der Waals surface area contributed by atoms with Crippen LogP contribution in [0.3, 0.4) is 0 Å². The number of hydrogen-bond donors (Lipinski definition) is 1. The zero-order chi connectivity index (χ0) is 9.97. The van der Waals surface area contributed by atoms with Crippen LogP contribution in [0.5, 0.6) is 0 Å². The van der Waals surface area contributed by atoms with Crippen LogP contribution in [-0.4, -0.2) is 10.9 Å². The van der Waals surface area contributed by atoms with Gasteiger partial charge in [-0.25, -0.2) is 5.84 Å². The topological polar surface area (TPSA) is 46.3 Å². The summed E-state index contributed by atoms with van der Waals surface area (Å²) in [6.45, 7) is 0. The zero-order valence-corrected chi connectivity index (χ0v) is 8.02. The van der Waals surface area contributed by atoms with Gasteiger partial charge in [0.1, 0.15) is 0 Å². The SMILES string of the molecule is NN1C(=O)CCCC1c1ccccc1. The largest absolute Gasteiger partial charge is 0.273 e. The Morgan fingerprint density at radius 2 is 2.00 bits per heavy atom. The van der Waals surface area contributed by atoms with Crippen molar-refractivity contribution in [2.24, 2.45) is 5.84 Å². The molecule has 1 heterocycles. The molecule has 0 aromatic heterocycles. The van der Waals surface area contributed by atoms with Gasteiger partial charge in [0.25, 0.3) is 0 Å². The van der Waals surface area contributed by atoms with E-state index in [0.29, 0.717) is 6.42 Å². The Morgan fingerprint density at radius 3 is 2.71 bits per heavy atom. The second-order valence-corrected chi connectivity index (χ2v) is 3.62. The van der Waals surface area contributed by atoms with Gasteiger partial charge in [0.2, 0.25) is 5.91 Å². The Hall–Kier alpha value is -1.35. The molecule has 14 heavy (non-hydrogen) atoms. The third-order valence-electron chi connectivity index (χ3n) is 2.68. The number of benzene rings is 1. The molecule has 0 aliphatic carbocycles. The normalized spacial score (nSPS) is 22.5. The highest BCUT2D eigenvalue weighted by atomic mass is 16.2. The van der Waals surface area contributed by atoms with E-state index < -0.39 is 0 Å². The highest BCUT2D eigenvalue weighted by Crippen LogP contribution is 2.28. The molecule has 1 fully saturated rings. The first kappa shape index (κ1) is 9.21. The molecule has 2 N–H and O–H groups in total. The van der Waals surface area contributed by atoms with E-state index in [2.05, 4.69) is 0 Å². The Labute approximate surface area is 83.5 Å². The molecule has 1 saturated heterocycles. The van der Waals surface area contributed by atoms with Crippen LogP contribution < -0.4 is 5.84 Å². The number of hydrogen-bond acceptors (Lipinski definition) is 2. The number of rotatable bonds is 1. The molecule has 0 bridgehead atoms. The molecule has 1 unspecified atom stereocenters. The molecular weight excluding hydrogens is 176 g/mol. The highest BCUT2D eigenvalue weighted by molar-refractivity contribution is 5.76. The van der Waals surface area contributed by atoms with Crippen molar-refractivity contribution in [2.75, 3.05) is 0 Å². The molecule has 2 rings (SSSR count). The van der Waals surface area contributed by atoms with E-state index in [9.17, 15) is 4.79 Å². The second-order valence-electron chi connectivity index (χ2n) is 3.62. The molecule has 3 nitrogen and oxygen atoms in total. The van der Waals surface area contributed by atoms with Crippen molar-refractivity contribution in [3.8, 4) is 0 Å². The van der Waals surface area contributed by atoms with Crippen molar-refractivity contribution in [2.45, 2.75) is 25.3 Å². The summed E-state index contributed by atoms with van der Waals surface area (Å²) in [7, 11) is 0. The van der Waals surface area contributed by atoms with Gasteiger partial charge in [-0.1, -0.05) is 30.3 Å². The minimum Gasteiger partial charge on any atom is -0.273 e. The maximum atomic E-state index is 11.4. The van der Waals surface area contributed by atoms with Crippen molar-refractivity contribution in [1.29, 1.82) is 0 Å². The Bertz CT molecular complexity index is 323. The lowest BCUT2D eigenvalue weighted by Crippen LogP contribution is -2.43. The third kappa shape index (κ3) is 1.63. The van der Waals surface area contributed by atoms with Gasteiger partial charge < -0.3 is 0 Å². The summed E-state index contributed by atoms with van der Waals surface area (Å²) >= 11 is 0. The summed E-state index contributed by atoms with van der Waals surface area (Å²) in [5.41, 5.74) is 1.13. The lowest BCUT2D eigenvalue weighted by Gasteiger charge is -2.31. The summed E-state index contributed by atoms with van der Waals surface area (Å²) in [4.78, 5) is 11.4. The van der Waals surface area contributed by atoms with Crippen molar-refractivity contribution in [3.05, 3.63) is 35.9 Å². The average Bonchev–Trinajstić information content (AvgIpc) is 2.23. The van der Waals surface area contributed by atoms with Gasteiger partial charge in [-0.3, -0.25) is 9.80 Å².